The quantitative estimate of drug-likeness (QED) is 0.743. The zero-order chi connectivity index (χ0) is 16.9. The van der Waals surface area contributed by atoms with Gasteiger partial charge in [-0.2, -0.15) is 0 Å². The van der Waals surface area contributed by atoms with E-state index in [0.29, 0.717) is 25.4 Å². The normalized spacial score (nSPS) is 25.1. The van der Waals surface area contributed by atoms with Crippen LogP contribution in [0.4, 0.5) is 10.5 Å². The molecule has 0 bridgehead atoms. The number of hydrogen-bond acceptors (Lipinski definition) is 5. The average Bonchev–Trinajstić information content (AvgIpc) is 3.02. The summed E-state index contributed by atoms with van der Waals surface area (Å²) in [5.74, 6) is 0.465. The van der Waals surface area contributed by atoms with E-state index in [9.17, 15) is 15.0 Å². The fourth-order valence-corrected chi connectivity index (χ4v) is 3.60. The SMILES string of the molecule is O=C(NCC1CCN(c2ccncc2)CC1)N1C[C@@H](O)C[C@H]1CO. The van der Waals surface area contributed by atoms with Crippen LogP contribution >= 0.6 is 0 Å². The van der Waals surface area contributed by atoms with Crippen LogP contribution < -0.4 is 10.2 Å². The summed E-state index contributed by atoms with van der Waals surface area (Å²) >= 11 is 0. The highest BCUT2D eigenvalue weighted by Gasteiger charge is 2.34. The van der Waals surface area contributed by atoms with Crippen LogP contribution in [0.5, 0.6) is 0 Å². The van der Waals surface area contributed by atoms with E-state index in [1.807, 2.05) is 24.5 Å². The highest BCUT2D eigenvalue weighted by Crippen LogP contribution is 2.22. The number of anilines is 1. The molecule has 7 nitrogen and oxygen atoms in total. The Balaban J connectivity index is 1.43. The number of rotatable bonds is 4. The Morgan fingerprint density at radius 2 is 2.00 bits per heavy atom. The Morgan fingerprint density at radius 3 is 2.67 bits per heavy atom. The minimum Gasteiger partial charge on any atom is -0.394 e. The highest BCUT2D eigenvalue weighted by atomic mass is 16.3. The molecule has 0 aromatic carbocycles. The number of urea groups is 1. The Bertz CT molecular complexity index is 534. The van der Waals surface area contributed by atoms with Crippen molar-refractivity contribution >= 4 is 11.7 Å². The third-order valence-electron chi connectivity index (χ3n) is 5.05. The van der Waals surface area contributed by atoms with Crippen molar-refractivity contribution < 1.29 is 15.0 Å². The zero-order valence-electron chi connectivity index (χ0n) is 13.8. The number of piperidine rings is 1. The van der Waals surface area contributed by atoms with E-state index in [0.717, 1.165) is 25.9 Å². The van der Waals surface area contributed by atoms with E-state index in [4.69, 9.17) is 0 Å². The Labute approximate surface area is 142 Å². The molecular weight excluding hydrogens is 308 g/mol. The number of β-amino-alcohol motifs (C(OH)–C–C–N with tert-alkyl or cyclic N) is 1. The summed E-state index contributed by atoms with van der Waals surface area (Å²) in [6.45, 7) is 2.80. The molecule has 2 aliphatic heterocycles. The maximum absolute atomic E-state index is 12.3. The van der Waals surface area contributed by atoms with Crippen LogP contribution in [0.3, 0.4) is 0 Å². The van der Waals surface area contributed by atoms with Crippen LogP contribution in [0.15, 0.2) is 24.5 Å². The van der Waals surface area contributed by atoms with Crippen LogP contribution in [-0.4, -0.2) is 71.1 Å². The van der Waals surface area contributed by atoms with E-state index < -0.39 is 6.10 Å². The summed E-state index contributed by atoms with van der Waals surface area (Å²) < 4.78 is 0. The molecule has 2 atom stereocenters. The zero-order valence-corrected chi connectivity index (χ0v) is 13.8. The molecule has 2 fully saturated rings. The van der Waals surface area contributed by atoms with Gasteiger partial charge in [0.15, 0.2) is 0 Å². The van der Waals surface area contributed by atoms with E-state index >= 15 is 0 Å². The number of aromatic nitrogens is 1. The molecule has 132 valence electrons. The van der Waals surface area contributed by atoms with E-state index in [1.165, 1.54) is 5.69 Å². The van der Waals surface area contributed by atoms with E-state index in [2.05, 4.69) is 15.2 Å². The number of aliphatic hydroxyl groups excluding tert-OH is 2. The van der Waals surface area contributed by atoms with Gasteiger partial charge in [0.05, 0.1) is 18.8 Å². The monoisotopic (exact) mass is 334 g/mol. The van der Waals surface area contributed by atoms with Crippen molar-refractivity contribution in [3.8, 4) is 0 Å². The van der Waals surface area contributed by atoms with Gasteiger partial charge in [-0.3, -0.25) is 4.98 Å². The molecule has 7 heteroatoms. The molecule has 2 aliphatic rings. The molecule has 3 heterocycles. The second kappa shape index (κ2) is 7.81. The number of hydrogen-bond donors (Lipinski definition) is 3. The lowest BCUT2D eigenvalue weighted by Gasteiger charge is -2.34. The predicted octanol–water partition coefficient (Wildman–Crippen LogP) is 0.435. The number of likely N-dealkylation sites (tertiary alicyclic amines) is 1. The number of pyridine rings is 1. The fraction of sp³-hybridized carbons (Fsp3) is 0.647. The molecule has 0 spiro atoms. The highest BCUT2D eigenvalue weighted by molar-refractivity contribution is 5.75. The van der Waals surface area contributed by atoms with E-state index in [-0.39, 0.29) is 18.7 Å². The fourth-order valence-electron chi connectivity index (χ4n) is 3.60. The van der Waals surface area contributed by atoms with Gasteiger partial charge in [-0.15, -0.1) is 0 Å². The molecule has 2 amide bonds. The first-order chi connectivity index (χ1) is 11.7. The molecule has 24 heavy (non-hydrogen) atoms. The van der Waals surface area contributed by atoms with Crippen molar-refractivity contribution in [3.63, 3.8) is 0 Å². The van der Waals surface area contributed by atoms with Crippen molar-refractivity contribution in [2.24, 2.45) is 5.92 Å². The predicted molar refractivity (Wildman–Crippen MR) is 90.8 cm³/mol. The van der Waals surface area contributed by atoms with Gasteiger partial charge in [0, 0.05) is 44.3 Å². The first-order valence-electron chi connectivity index (χ1n) is 8.65. The molecule has 1 aromatic rings. The topological polar surface area (TPSA) is 88.9 Å². The van der Waals surface area contributed by atoms with Crippen LogP contribution in [0.25, 0.3) is 0 Å². The summed E-state index contributed by atoms with van der Waals surface area (Å²) in [6, 6.07) is 3.60. The molecule has 0 aliphatic carbocycles. The van der Waals surface area contributed by atoms with Gasteiger partial charge in [-0.1, -0.05) is 0 Å². The van der Waals surface area contributed by atoms with Crippen LogP contribution in [-0.2, 0) is 0 Å². The lowest BCUT2D eigenvalue weighted by Crippen LogP contribution is -2.47. The van der Waals surface area contributed by atoms with Crippen molar-refractivity contribution in [2.45, 2.75) is 31.4 Å². The molecule has 3 rings (SSSR count). The molecular formula is C17H26N4O3. The molecule has 3 N–H and O–H groups in total. The van der Waals surface area contributed by atoms with Gasteiger partial charge in [-0.25, -0.2) is 4.79 Å². The molecule has 1 aromatic heterocycles. The molecule has 0 unspecified atom stereocenters. The van der Waals surface area contributed by atoms with Gasteiger partial charge in [0.2, 0.25) is 0 Å². The number of amides is 2. The van der Waals surface area contributed by atoms with Crippen LogP contribution in [0.2, 0.25) is 0 Å². The largest absolute Gasteiger partial charge is 0.394 e. The van der Waals surface area contributed by atoms with Crippen molar-refractivity contribution in [3.05, 3.63) is 24.5 Å². The van der Waals surface area contributed by atoms with Gasteiger partial charge < -0.3 is 25.3 Å². The van der Waals surface area contributed by atoms with E-state index in [1.54, 1.807) is 4.90 Å². The van der Waals surface area contributed by atoms with Gasteiger partial charge in [0.1, 0.15) is 0 Å². The van der Waals surface area contributed by atoms with Gasteiger partial charge in [-0.05, 0) is 37.3 Å². The second-order valence-corrected chi connectivity index (χ2v) is 6.70. The Kier molecular flexibility index (Phi) is 5.52. The standard InChI is InChI=1S/C17H26N4O3/c22-12-15-9-16(23)11-21(15)17(24)19-10-13-3-7-20(8-4-13)14-1-5-18-6-2-14/h1-2,5-6,13,15-16,22-23H,3-4,7-12H2,(H,19,24)/t15-,16-/m0/s1. The maximum Gasteiger partial charge on any atom is 0.317 e. The minimum atomic E-state index is -0.531. The van der Waals surface area contributed by atoms with Crippen molar-refractivity contribution in [1.29, 1.82) is 0 Å². The minimum absolute atomic E-state index is 0.102. The van der Waals surface area contributed by atoms with Crippen LogP contribution in [0.1, 0.15) is 19.3 Å². The van der Waals surface area contributed by atoms with Gasteiger partial charge >= 0.3 is 6.03 Å². The third kappa shape index (κ3) is 3.96. The average molecular weight is 334 g/mol. The number of nitrogens with zero attached hydrogens (tertiary/aromatic N) is 3. The lowest BCUT2D eigenvalue weighted by atomic mass is 9.96. The Morgan fingerprint density at radius 1 is 1.29 bits per heavy atom. The number of carbonyl (C=O) groups is 1. The summed E-state index contributed by atoms with van der Waals surface area (Å²) in [4.78, 5) is 20.2. The third-order valence-corrected chi connectivity index (χ3v) is 5.05. The number of carbonyl (C=O) groups excluding carboxylic acids is 1. The number of nitrogens with one attached hydrogen (secondary N) is 1. The Hall–Kier alpha value is -1.86. The second-order valence-electron chi connectivity index (χ2n) is 6.70. The van der Waals surface area contributed by atoms with Gasteiger partial charge in [0.25, 0.3) is 0 Å². The molecule has 2 saturated heterocycles. The first-order valence-corrected chi connectivity index (χ1v) is 8.65. The summed E-state index contributed by atoms with van der Waals surface area (Å²) in [5.41, 5.74) is 1.20. The smallest absolute Gasteiger partial charge is 0.317 e. The summed E-state index contributed by atoms with van der Waals surface area (Å²) in [6.07, 6.45) is 5.61. The maximum atomic E-state index is 12.3. The summed E-state index contributed by atoms with van der Waals surface area (Å²) in [7, 11) is 0. The molecule has 0 saturated carbocycles. The van der Waals surface area contributed by atoms with Crippen molar-refractivity contribution in [1.82, 2.24) is 15.2 Å². The lowest BCUT2D eigenvalue weighted by molar-refractivity contribution is 0.153. The first kappa shape index (κ1) is 17.0. The van der Waals surface area contributed by atoms with Crippen LogP contribution in [0, 0.1) is 5.92 Å². The van der Waals surface area contributed by atoms with Crippen molar-refractivity contribution in [2.75, 3.05) is 37.7 Å². The summed E-state index contributed by atoms with van der Waals surface area (Å²) in [5, 5.41) is 21.9. The molecule has 0 radical (unpaired) electrons. The number of aliphatic hydroxyl groups is 2.